The molecule has 3 unspecified atom stereocenters. The molecular weight excluding hydrogens is 278 g/mol. The number of benzene rings is 1. The molecule has 19 heavy (non-hydrogen) atoms. The van der Waals surface area contributed by atoms with Crippen molar-refractivity contribution in [3.63, 3.8) is 0 Å². The number of hydrogen-bond donors (Lipinski definition) is 1. The van der Waals surface area contributed by atoms with E-state index in [1.54, 1.807) is 0 Å². The number of rotatable bonds is 5. The third-order valence-electron chi connectivity index (χ3n) is 3.60. The van der Waals surface area contributed by atoms with E-state index in [0.717, 1.165) is 35.8 Å². The van der Waals surface area contributed by atoms with Crippen LogP contribution in [0.4, 0.5) is 0 Å². The van der Waals surface area contributed by atoms with E-state index >= 15 is 0 Å². The molecule has 3 atom stereocenters. The fourth-order valence-corrected chi connectivity index (χ4v) is 3.71. The molecule has 1 heterocycles. The van der Waals surface area contributed by atoms with Crippen molar-refractivity contribution in [1.29, 1.82) is 0 Å². The van der Waals surface area contributed by atoms with Gasteiger partial charge in [-0.1, -0.05) is 24.6 Å². The van der Waals surface area contributed by atoms with Crippen LogP contribution in [0.2, 0.25) is 5.02 Å². The summed E-state index contributed by atoms with van der Waals surface area (Å²) in [6.07, 6.45) is 3.30. The fourth-order valence-electron chi connectivity index (χ4n) is 2.24. The Labute approximate surface area is 125 Å². The van der Waals surface area contributed by atoms with E-state index in [4.69, 9.17) is 22.1 Å². The molecule has 2 rings (SSSR count). The molecule has 1 saturated heterocycles. The first-order valence-electron chi connectivity index (χ1n) is 6.92. The third kappa shape index (κ3) is 4.12. The van der Waals surface area contributed by atoms with Gasteiger partial charge < -0.3 is 10.5 Å². The first-order chi connectivity index (χ1) is 9.10. The Morgan fingerprint density at radius 1 is 1.53 bits per heavy atom. The smallest absolute Gasteiger partial charge is 0.0669 e. The molecule has 2 nitrogen and oxygen atoms in total. The first-order valence-corrected chi connectivity index (χ1v) is 8.18. The van der Waals surface area contributed by atoms with Gasteiger partial charge in [0.05, 0.1) is 11.1 Å². The van der Waals surface area contributed by atoms with Gasteiger partial charge in [0, 0.05) is 22.8 Å². The molecule has 0 aromatic heterocycles. The molecule has 0 amide bonds. The second-order valence-corrected chi connectivity index (χ2v) is 6.85. The van der Waals surface area contributed by atoms with Crippen molar-refractivity contribution in [3.05, 3.63) is 28.8 Å². The number of ether oxygens (including phenoxy) is 1. The van der Waals surface area contributed by atoms with Crippen LogP contribution in [-0.2, 0) is 11.2 Å². The minimum Gasteiger partial charge on any atom is -0.377 e. The lowest BCUT2D eigenvalue weighted by atomic mass is 10.1. The van der Waals surface area contributed by atoms with Crippen molar-refractivity contribution >= 4 is 23.4 Å². The minimum atomic E-state index is 0.220. The Balaban J connectivity index is 2.02. The Hall–Kier alpha value is -0.220. The molecule has 0 aliphatic carbocycles. The minimum absolute atomic E-state index is 0.220. The van der Waals surface area contributed by atoms with Crippen LogP contribution in [0.5, 0.6) is 0 Å². The average Bonchev–Trinajstić information content (AvgIpc) is 2.78. The van der Waals surface area contributed by atoms with E-state index in [0.29, 0.717) is 11.4 Å². The van der Waals surface area contributed by atoms with Crippen molar-refractivity contribution in [2.24, 2.45) is 5.73 Å². The lowest BCUT2D eigenvalue weighted by molar-refractivity contribution is 0.127. The summed E-state index contributed by atoms with van der Waals surface area (Å²) in [7, 11) is 0. The van der Waals surface area contributed by atoms with Gasteiger partial charge in [0.1, 0.15) is 0 Å². The summed E-state index contributed by atoms with van der Waals surface area (Å²) in [5.74, 6) is 0. The van der Waals surface area contributed by atoms with E-state index < -0.39 is 0 Å². The molecule has 1 aromatic carbocycles. The molecule has 0 radical (unpaired) electrons. The summed E-state index contributed by atoms with van der Waals surface area (Å²) >= 11 is 8.21. The van der Waals surface area contributed by atoms with Crippen molar-refractivity contribution in [2.45, 2.75) is 55.4 Å². The Bertz CT molecular complexity index is 427. The molecular formula is C15H22ClNOS. The van der Waals surface area contributed by atoms with Gasteiger partial charge in [0.2, 0.25) is 0 Å². The van der Waals surface area contributed by atoms with Crippen LogP contribution >= 0.6 is 23.4 Å². The molecule has 1 fully saturated rings. The highest BCUT2D eigenvalue weighted by Gasteiger charge is 2.25. The predicted molar refractivity (Wildman–Crippen MR) is 83.1 cm³/mol. The largest absolute Gasteiger partial charge is 0.377 e. The Kier molecular flexibility index (Phi) is 5.58. The maximum atomic E-state index is 6.38. The number of nitrogens with two attached hydrogens (primary N) is 1. The van der Waals surface area contributed by atoms with Crippen LogP contribution in [0.3, 0.4) is 0 Å². The quantitative estimate of drug-likeness (QED) is 0.896. The number of hydrogen-bond acceptors (Lipinski definition) is 3. The van der Waals surface area contributed by atoms with Crippen LogP contribution in [0.1, 0.15) is 32.3 Å². The summed E-state index contributed by atoms with van der Waals surface area (Å²) in [6, 6.07) is 6.54. The molecule has 1 aromatic rings. The first kappa shape index (κ1) is 15.2. The van der Waals surface area contributed by atoms with Gasteiger partial charge in [-0.2, -0.15) is 0 Å². The lowest BCUT2D eigenvalue weighted by Gasteiger charge is -2.15. The maximum absolute atomic E-state index is 6.38. The van der Waals surface area contributed by atoms with Crippen molar-refractivity contribution in [1.82, 2.24) is 0 Å². The van der Waals surface area contributed by atoms with Crippen LogP contribution in [-0.4, -0.2) is 24.0 Å². The SMILES string of the molecule is CCC(N)Cc1ccc(SC2CCOC2C)c(Cl)c1. The van der Waals surface area contributed by atoms with E-state index in [1.807, 2.05) is 11.8 Å². The molecule has 0 bridgehead atoms. The topological polar surface area (TPSA) is 35.2 Å². The van der Waals surface area contributed by atoms with Gasteiger partial charge in [-0.3, -0.25) is 0 Å². The highest BCUT2D eigenvalue weighted by Crippen LogP contribution is 2.36. The van der Waals surface area contributed by atoms with Crippen molar-refractivity contribution < 1.29 is 4.74 Å². The summed E-state index contributed by atoms with van der Waals surface area (Å²) in [6.45, 7) is 5.10. The summed E-state index contributed by atoms with van der Waals surface area (Å²) in [4.78, 5) is 1.15. The molecule has 1 aliphatic heterocycles. The summed E-state index contributed by atoms with van der Waals surface area (Å²) in [5, 5.41) is 1.35. The van der Waals surface area contributed by atoms with E-state index in [1.165, 1.54) is 5.56 Å². The Morgan fingerprint density at radius 2 is 2.32 bits per heavy atom. The Morgan fingerprint density at radius 3 is 2.89 bits per heavy atom. The monoisotopic (exact) mass is 299 g/mol. The molecule has 0 saturated carbocycles. The zero-order valence-corrected chi connectivity index (χ0v) is 13.1. The van der Waals surface area contributed by atoms with Gasteiger partial charge >= 0.3 is 0 Å². The fraction of sp³-hybridized carbons (Fsp3) is 0.600. The molecule has 0 spiro atoms. The van der Waals surface area contributed by atoms with Gasteiger partial charge in [-0.25, -0.2) is 0 Å². The summed E-state index contributed by atoms with van der Waals surface area (Å²) in [5.41, 5.74) is 7.20. The molecule has 4 heteroatoms. The van der Waals surface area contributed by atoms with Crippen LogP contribution < -0.4 is 5.73 Å². The normalized spacial score (nSPS) is 24.6. The van der Waals surface area contributed by atoms with Crippen molar-refractivity contribution in [2.75, 3.05) is 6.61 Å². The lowest BCUT2D eigenvalue weighted by Crippen LogP contribution is -2.21. The maximum Gasteiger partial charge on any atom is 0.0669 e. The van der Waals surface area contributed by atoms with E-state index in [-0.39, 0.29) is 6.04 Å². The second-order valence-electron chi connectivity index (χ2n) is 5.16. The van der Waals surface area contributed by atoms with Gasteiger partial charge in [-0.05, 0) is 43.9 Å². The van der Waals surface area contributed by atoms with Crippen molar-refractivity contribution in [3.8, 4) is 0 Å². The van der Waals surface area contributed by atoms with Crippen LogP contribution in [0, 0.1) is 0 Å². The van der Waals surface area contributed by atoms with Gasteiger partial charge in [0.25, 0.3) is 0 Å². The zero-order chi connectivity index (χ0) is 13.8. The third-order valence-corrected chi connectivity index (χ3v) is 5.56. The molecule has 106 valence electrons. The van der Waals surface area contributed by atoms with Crippen LogP contribution in [0.25, 0.3) is 0 Å². The van der Waals surface area contributed by atoms with Gasteiger partial charge in [0.15, 0.2) is 0 Å². The standard InChI is InChI=1S/C15H22ClNOS/c1-3-12(17)8-11-4-5-15(13(16)9-11)19-14-6-7-18-10(14)2/h4-5,9-10,12,14H,3,6-8,17H2,1-2H3. The van der Waals surface area contributed by atoms with E-state index in [2.05, 4.69) is 32.0 Å². The van der Waals surface area contributed by atoms with E-state index in [9.17, 15) is 0 Å². The number of thioether (sulfide) groups is 1. The predicted octanol–water partition coefficient (Wildman–Crippen LogP) is 3.89. The second kappa shape index (κ2) is 6.98. The zero-order valence-electron chi connectivity index (χ0n) is 11.6. The molecule has 1 aliphatic rings. The van der Waals surface area contributed by atoms with Crippen LogP contribution in [0.15, 0.2) is 23.1 Å². The van der Waals surface area contributed by atoms with Gasteiger partial charge in [-0.15, -0.1) is 11.8 Å². The highest BCUT2D eigenvalue weighted by atomic mass is 35.5. The number of halogens is 1. The summed E-state index contributed by atoms with van der Waals surface area (Å²) < 4.78 is 5.59. The average molecular weight is 300 g/mol. The molecule has 2 N–H and O–H groups in total. The highest BCUT2D eigenvalue weighted by molar-refractivity contribution is 8.00.